The molecule has 8 heteroatoms. The third-order valence-electron chi connectivity index (χ3n) is 2.19. The summed E-state index contributed by atoms with van der Waals surface area (Å²) in [5, 5.41) is 21.9. The molecule has 0 fully saturated rings. The number of unbranched alkanes of at least 4 members (excludes halogenated alkanes) is 1. The van der Waals surface area contributed by atoms with E-state index in [2.05, 4.69) is 10.6 Å². The molecule has 0 saturated heterocycles. The van der Waals surface area contributed by atoms with Crippen LogP contribution in [0.25, 0.3) is 0 Å². The molecule has 0 heterocycles. The number of amides is 1. The van der Waals surface area contributed by atoms with Gasteiger partial charge in [-0.15, -0.1) is 0 Å². The first kappa shape index (κ1) is 16.3. The Morgan fingerprint density at radius 3 is 2.28 bits per heavy atom. The fourth-order valence-corrected chi connectivity index (χ4v) is 1.26. The number of hydrogen-bond donors (Lipinski definition) is 5. The molecule has 1 atom stereocenters. The van der Waals surface area contributed by atoms with E-state index in [1.165, 1.54) is 0 Å². The Morgan fingerprint density at radius 2 is 1.78 bits per heavy atom. The molecule has 0 aliphatic rings. The summed E-state index contributed by atoms with van der Waals surface area (Å²) in [5.41, 5.74) is 5.29. The van der Waals surface area contributed by atoms with Gasteiger partial charge in [-0.2, -0.15) is 0 Å². The number of carbonyl (C=O) groups excluding carboxylic acids is 1. The molecule has 0 spiro atoms. The van der Waals surface area contributed by atoms with Gasteiger partial charge in [0.05, 0.1) is 6.54 Å². The summed E-state index contributed by atoms with van der Waals surface area (Å²) >= 11 is 0. The highest BCUT2D eigenvalue weighted by Gasteiger charge is 2.17. The molecule has 0 rings (SSSR count). The fraction of sp³-hybridized carbons (Fsp3) is 0.700. The van der Waals surface area contributed by atoms with Crippen molar-refractivity contribution in [3.63, 3.8) is 0 Å². The quantitative estimate of drug-likeness (QED) is 0.297. The number of aliphatic carboxylic acids is 2. The van der Waals surface area contributed by atoms with E-state index < -0.39 is 30.4 Å². The number of carboxylic acid groups (broad SMARTS) is 2. The first-order chi connectivity index (χ1) is 8.47. The zero-order valence-corrected chi connectivity index (χ0v) is 10.0. The molecule has 0 aromatic rings. The van der Waals surface area contributed by atoms with Gasteiger partial charge in [0.1, 0.15) is 12.6 Å². The number of nitrogens with one attached hydrogen (secondary N) is 2. The van der Waals surface area contributed by atoms with Gasteiger partial charge >= 0.3 is 11.9 Å². The molecule has 18 heavy (non-hydrogen) atoms. The maximum Gasteiger partial charge on any atom is 0.322 e. The Kier molecular flexibility index (Phi) is 8.50. The lowest BCUT2D eigenvalue weighted by Crippen LogP contribution is -2.44. The zero-order valence-electron chi connectivity index (χ0n) is 10.0. The number of nitrogens with two attached hydrogens (primary N) is 1. The van der Waals surface area contributed by atoms with E-state index in [9.17, 15) is 14.4 Å². The van der Waals surface area contributed by atoms with E-state index in [0.717, 1.165) is 6.42 Å². The van der Waals surface area contributed by atoms with Crippen LogP contribution in [0.5, 0.6) is 0 Å². The topological polar surface area (TPSA) is 142 Å². The Morgan fingerprint density at radius 1 is 1.11 bits per heavy atom. The number of carboxylic acids is 2. The normalized spacial score (nSPS) is 11.8. The summed E-state index contributed by atoms with van der Waals surface area (Å²) in [6, 6.07) is -0.827. The van der Waals surface area contributed by atoms with Crippen molar-refractivity contribution in [3.8, 4) is 0 Å². The summed E-state index contributed by atoms with van der Waals surface area (Å²) in [6.45, 7) is -0.219. The van der Waals surface area contributed by atoms with Crippen LogP contribution in [-0.2, 0) is 14.4 Å². The van der Waals surface area contributed by atoms with E-state index in [1.807, 2.05) is 0 Å². The lowest BCUT2D eigenvalue weighted by Gasteiger charge is -2.13. The summed E-state index contributed by atoms with van der Waals surface area (Å²) in [7, 11) is 0. The summed E-state index contributed by atoms with van der Waals surface area (Å²) in [4.78, 5) is 32.2. The molecule has 1 amide bonds. The highest BCUT2D eigenvalue weighted by molar-refractivity contribution is 5.83. The van der Waals surface area contributed by atoms with E-state index >= 15 is 0 Å². The molecule has 0 bridgehead atoms. The van der Waals surface area contributed by atoms with Gasteiger partial charge in [0.15, 0.2) is 0 Å². The van der Waals surface area contributed by atoms with Crippen molar-refractivity contribution < 1.29 is 24.6 Å². The smallest absolute Gasteiger partial charge is 0.322 e. The standard InChI is InChI=1S/C10H19N3O5/c11-4-2-1-3-7(10(17)18)12-5-8(14)13-6-9(15)16/h7,12H,1-6,11H2,(H,13,14)(H,15,16)(H,17,18). The van der Waals surface area contributed by atoms with Crippen molar-refractivity contribution in [2.45, 2.75) is 25.3 Å². The summed E-state index contributed by atoms with van der Waals surface area (Å²) in [6.07, 6.45) is 1.74. The van der Waals surface area contributed by atoms with Crippen molar-refractivity contribution in [2.75, 3.05) is 19.6 Å². The second kappa shape index (κ2) is 9.37. The first-order valence-electron chi connectivity index (χ1n) is 5.62. The molecule has 0 aromatic heterocycles. The Balaban J connectivity index is 3.91. The van der Waals surface area contributed by atoms with Crippen LogP contribution in [0.2, 0.25) is 0 Å². The highest BCUT2D eigenvalue weighted by Crippen LogP contribution is 2.00. The molecule has 0 aliphatic carbocycles. The van der Waals surface area contributed by atoms with Crippen LogP contribution in [0.3, 0.4) is 0 Å². The molecule has 8 nitrogen and oxygen atoms in total. The minimum Gasteiger partial charge on any atom is -0.480 e. The van der Waals surface area contributed by atoms with Crippen LogP contribution in [0.15, 0.2) is 0 Å². The largest absolute Gasteiger partial charge is 0.480 e. The molecule has 104 valence electrons. The Hall–Kier alpha value is -1.67. The monoisotopic (exact) mass is 261 g/mol. The average Bonchev–Trinajstić information content (AvgIpc) is 2.30. The molecule has 0 aliphatic heterocycles. The Labute approximate surface area is 105 Å². The summed E-state index contributed by atoms with van der Waals surface area (Å²) < 4.78 is 0. The predicted octanol–water partition coefficient (Wildman–Crippen LogP) is -1.64. The first-order valence-corrected chi connectivity index (χ1v) is 5.62. The third kappa shape index (κ3) is 8.48. The maximum atomic E-state index is 11.2. The molecular weight excluding hydrogens is 242 g/mol. The predicted molar refractivity (Wildman–Crippen MR) is 63.0 cm³/mol. The molecular formula is C10H19N3O5. The molecule has 0 radical (unpaired) electrons. The molecule has 6 N–H and O–H groups in total. The van der Waals surface area contributed by atoms with Crippen molar-refractivity contribution in [1.82, 2.24) is 10.6 Å². The van der Waals surface area contributed by atoms with Crippen LogP contribution in [0, 0.1) is 0 Å². The van der Waals surface area contributed by atoms with Gasteiger partial charge in [-0.1, -0.05) is 6.42 Å². The van der Waals surface area contributed by atoms with E-state index in [-0.39, 0.29) is 6.54 Å². The molecule has 0 saturated carbocycles. The van der Waals surface area contributed by atoms with Gasteiger partial charge < -0.3 is 21.3 Å². The molecule has 0 aromatic carbocycles. The van der Waals surface area contributed by atoms with Crippen LogP contribution in [-0.4, -0.2) is 53.7 Å². The van der Waals surface area contributed by atoms with Crippen LogP contribution in [0.1, 0.15) is 19.3 Å². The van der Waals surface area contributed by atoms with Gasteiger partial charge in [0, 0.05) is 0 Å². The minimum atomic E-state index is -1.15. The van der Waals surface area contributed by atoms with E-state index in [1.54, 1.807) is 0 Å². The van der Waals surface area contributed by atoms with Crippen LogP contribution >= 0.6 is 0 Å². The van der Waals surface area contributed by atoms with Crippen molar-refractivity contribution in [2.24, 2.45) is 5.73 Å². The van der Waals surface area contributed by atoms with Gasteiger partial charge in [-0.3, -0.25) is 19.7 Å². The fourth-order valence-electron chi connectivity index (χ4n) is 1.26. The van der Waals surface area contributed by atoms with Crippen molar-refractivity contribution >= 4 is 17.8 Å². The zero-order chi connectivity index (χ0) is 14.0. The van der Waals surface area contributed by atoms with Crippen molar-refractivity contribution in [3.05, 3.63) is 0 Å². The minimum absolute atomic E-state index is 0.229. The van der Waals surface area contributed by atoms with Crippen LogP contribution in [0.4, 0.5) is 0 Å². The number of rotatable bonds is 10. The maximum absolute atomic E-state index is 11.2. The third-order valence-corrected chi connectivity index (χ3v) is 2.19. The molecule has 1 unspecified atom stereocenters. The van der Waals surface area contributed by atoms with Gasteiger partial charge in [0.2, 0.25) is 5.91 Å². The second-order valence-electron chi connectivity index (χ2n) is 3.73. The van der Waals surface area contributed by atoms with Gasteiger partial charge in [0.25, 0.3) is 0 Å². The second-order valence-corrected chi connectivity index (χ2v) is 3.73. The summed E-state index contributed by atoms with van der Waals surface area (Å²) in [5.74, 6) is -2.75. The van der Waals surface area contributed by atoms with E-state index in [4.69, 9.17) is 15.9 Å². The van der Waals surface area contributed by atoms with E-state index in [0.29, 0.717) is 19.4 Å². The lowest BCUT2D eigenvalue weighted by molar-refractivity contribution is -0.140. The Bertz CT molecular complexity index is 295. The average molecular weight is 261 g/mol. The highest BCUT2D eigenvalue weighted by atomic mass is 16.4. The SMILES string of the molecule is NCCCCC(NCC(=O)NCC(=O)O)C(=O)O. The number of carbonyl (C=O) groups is 3. The van der Waals surface area contributed by atoms with Gasteiger partial charge in [-0.25, -0.2) is 0 Å². The van der Waals surface area contributed by atoms with Crippen LogP contribution < -0.4 is 16.4 Å². The number of hydrogen-bond acceptors (Lipinski definition) is 5. The lowest BCUT2D eigenvalue weighted by atomic mass is 10.1. The van der Waals surface area contributed by atoms with Crippen molar-refractivity contribution in [1.29, 1.82) is 0 Å². The van der Waals surface area contributed by atoms with Gasteiger partial charge in [-0.05, 0) is 19.4 Å².